The van der Waals surface area contributed by atoms with Crippen molar-refractivity contribution in [1.82, 2.24) is 13.9 Å². The van der Waals surface area contributed by atoms with Crippen molar-refractivity contribution in [3.8, 4) is 22.3 Å². The number of likely N-dealkylation sites (N-methyl/N-ethyl adjacent to an activating group) is 1. The lowest BCUT2D eigenvalue weighted by atomic mass is 9.99. The zero-order chi connectivity index (χ0) is 35.2. The van der Waals surface area contributed by atoms with Crippen molar-refractivity contribution >= 4 is 38.3 Å². The van der Waals surface area contributed by atoms with Gasteiger partial charge in [0.05, 0.1) is 4.90 Å². The van der Waals surface area contributed by atoms with Crippen LogP contribution in [0.4, 0.5) is 15.8 Å². The normalized spacial score (nSPS) is 13.9. The molecule has 6 aromatic rings. The highest BCUT2D eigenvalue weighted by Gasteiger charge is 2.24. The minimum Gasteiger partial charge on any atom is -0.369 e. The van der Waals surface area contributed by atoms with Crippen molar-refractivity contribution < 1.29 is 17.6 Å². The maximum Gasteiger partial charge on any atom is 0.269 e. The van der Waals surface area contributed by atoms with Gasteiger partial charge in [-0.3, -0.25) is 4.79 Å². The Bertz CT molecular complexity index is 2310. The number of amides is 1. The molecule has 0 N–H and O–H groups in total. The number of hydrogen-bond donors (Lipinski definition) is 0. The summed E-state index contributed by atoms with van der Waals surface area (Å²) in [6, 6.07) is 28.0. The molecule has 10 heteroatoms. The molecule has 4 aromatic carbocycles. The molecule has 254 valence electrons. The van der Waals surface area contributed by atoms with E-state index in [1.807, 2.05) is 25.1 Å². The average Bonchev–Trinajstić information content (AvgIpc) is 3.52. The lowest BCUT2D eigenvalue weighted by Crippen LogP contribution is -2.44. The standard InChI is InChI=1S/C40H38FN5O3S/c1-27-5-16-35(17-6-27)50(48,49)46-26-37(29-7-9-30(10-8-29)40(47)44(4)34-14-12-33(41)13-15-34)36-24-32(25-42-39(36)46)31-11-18-38(28(2)23-31)45-21-19-43(3)20-22-45/h5-18,23-26H,19-22H2,1-4H3. The summed E-state index contributed by atoms with van der Waals surface area (Å²) in [5.74, 6) is -0.634. The van der Waals surface area contributed by atoms with E-state index in [0.717, 1.165) is 54.0 Å². The van der Waals surface area contributed by atoms with Gasteiger partial charge in [0.15, 0.2) is 5.65 Å². The van der Waals surface area contributed by atoms with Gasteiger partial charge in [-0.25, -0.2) is 21.8 Å². The van der Waals surface area contributed by atoms with Gasteiger partial charge in [0.25, 0.3) is 15.9 Å². The predicted molar refractivity (Wildman–Crippen MR) is 198 cm³/mol. The molecular weight excluding hydrogens is 650 g/mol. The lowest BCUT2D eigenvalue weighted by molar-refractivity contribution is 0.0993. The number of carbonyl (C=O) groups excluding carboxylic acids is 1. The number of pyridine rings is 1. The minimum atomic E-state index is -3.98. The molecule has 0 spiro atoms. The molecule has 50 heavy (non-hydrogen) atoms. The third-order valence-electron chi connectivity index (χ3n) is 9.53. The second-order valence-corrected chi connectivity index (χ2v) is 14.8. The molecule has 1 fully saturated rings. The van der Waals surface area contributed by atoms with E-state index in [1.165, 1.54) is 26.7 Å². The van der Waals surface area contributed by atoms with E-state index < -0.39 is 10.0 Å². The Kier molecular flexibility index (Phi) is 8.75. The van der Waals surface area contributed by atoms with Gasteiger partial charge in [-0.2, -0.15) is 0 Å². The molecule has 7 rings (SSSR count). The highest BCUT2D eigenvalue weighted by Crippen LogP contribution is 2.36. The van der Waals surface area contributed by atoms with Crippen LogP contribution in [0.3, 0.4) is 0 Å². The first kappa shape index (κ1) is 33.2. The molecule has 0 aliphatic carbocycles. The number of halogens is 1. The Morgan fingerprint density at radius 2 is 1.46 bits per heavy atom. The molecule has 3 heterocycles. The van der Waals surface area contributed by atoms with Crippen LogP contribution in [-0.2, 0) is 10.0 Å². The third-order valence-corrected chi connectivity index (χ3v) is 11.2. The summed E-state index contributed by atoms with van der Waals surface area (Å²) >= 11 is 0. The number of fused-ring (bicyclic) bond motifs is 1. The summed E-state index contributed by atoms with van der Waals surface area (Å²) in [5, 5.41) is 0.668. The third kappa shape index (κ3) is 6.28. The van der Waals surface area contributed by atoms with Crippen LogP contribution in [-0.4, -0.2) is 68.5 Å². The molecule has 1 saturated heterocycles. The smallest absolute Gasteiger partial charge is 0.269 e. The maximum absolute atomic E-state index is 14.0. The van der Waals surface area contributed by atoms with Gasteiger partial charge in [-0.1, -0.05) is 35.9 Å². The van der Waals surface area contributed by atoms with Gasteiger partial charge in [-0.05, 0) is 104 Å². The Balaban J connectivity index is 1.29. The summed E-state index contributed by atoms with van der Waals surface area (Å²) in [6.45, 7) is 8.02. The summed E-state index contributed by atoms with van der Waals surface area (Å²) in [6.07, 6.45) is 3.34. The fraction of sp³-hybridized carbons (Fsp3) is 0.200. The highest BCUT2D eigenvalue weighted by molar-refractivity contribution is 7.90. The van der Waals surface area contributed by atoms with Crippen molar-refractivity contribution in [2.24, 2.45) is 0 Å². The topological polar surface area (TPSA) is 78.8 Å². The monoisotopic (exact) mass is 687 g/mol. The molecule has 0 saturated carbocycles. The number of hydrogen-bond acceptors (Lipinski definition) is 6. The van der Waals surface area contributed by atoms with Crippen molar-refractivity contribution in [2.75, 3.05) is 50.1 Å². The highest BCUT2D eigenvalue weighted by atomic mass is 32.2. The first-order valence-electron chi connectivity index (χ1n) is 16.5. The van der Waals surface area contributed by atoms with E-state index >= 15 is 0 Å². The van der Waals surface area contributed by atoms with E-state index in [4.69, 9.17) is 4.98 Å². The quantitative estimate of drug-likeness (QED) is 0.174. The van der Waals surface area contributed by atoms with E-state index in [-0.39, 0.29) is 16.6 Å². The number of aromatic nitrogens is 2. The number of anilines is 2. The van der Waals surface area contributed by atoms with Gasteiger partial charge in [0.1, 0.15) is 5.82 Å². The Morgan fingerprint density at radius 1 is 0.800 bits per heavy atom. The largest absolute Gasteiger partial charge is 0.369 e. The Labute approximate surface area is 292 Å². The summed E-state index contributed by atoms with van der Waals surface area (Å²) in [7, 11) is -0.201. The first-order valence-corrected chi connectivity index (χ1v) is 18.0. The molecule has 0 unspecified atom stereocenters. The van der Waals surface area contributed by atoms with Gasteiger partial charge < -0.3 is 14.7 Å². The fourth-order valence-corrected chi connectivity index (χ4v) is 7.80. The Morgan fingerprint density at radius 3 is 2.12 bits per heavy atom. The van der Waals surface area contributed by atoms with Gasteiger partial charge >= 0.3 is 0 Å². The molecule has 2 aromatic heterocycles. The van der Waals surface area contributed by atoms with Crippen LogP contribution in [0, 0.1) is 19.7 Å². The number of benzene rings is 4. The zero-order valence-electron chi connectivity index (χ0n) is 28.5. The summed E-state index contributed by atoms with van der Waals surface area (Å²) < 4.78 is 42.8. The van der Waals surface area contributed by atoms with Crippen molar-refractivity contribution in [1.29, 1.82) is 0 Å². The number of rotatable bonds is 7. The summed E-state index contributed by atoms with van der Waals surface area (Å²) in [4.78, 5) is 24.4. The van der Waals surface area contributed by atoms with Crippen molar-refractivity contribution in [2.45, 2.75) is 18.7 Å². The van der Waals surface area contributed by atoms with E-state index in [2.05, 4.69) is 42.0 Å². The number of aryl methyl sites for hydroxylation is 2. The molecule has 1 amide bonds. The second-order valence-electron chi connectivity index (χ2n) is 13.0. The van der Waals surface area contributed by atoms with Crippen LogP contribution in [0.1, 0.15) is 21.5 Å². The lowest BCUT2D eigenvalue weighted by Gasteiger charge is -2.35. The van der Waals surface area contributed by atoms with Crippen LogP contribution in [0.2, 0.25) is 0 Å². The second kappa shape index (κ2) is 13.2. The van der Waals surface area contributed by atoms with E-state index in [0.29, 0.717) is 27.8 Å². The molecule has 1 aliphatic heterocycles. The van der Waals surface area contributed by atoms with Crippen LogP contribution in [0.5, 0.6) is 0 Å². The SMILES string of the molecule is Cc1ccc(S(=O)(=O)n2cc(-c3ccc(C(=O)N(C)c4ccc(F)cc4)cc3)c3cc(-c4ccc(N5CCN(C)CC5)c(C)c4)cnc32)cc1. The van der Waals surface area contributed by atoms with Crippen LogP contribution in [0.15, 0.2) is 114 Å². The summed E-state index contributed by atoms with van der Waals surface area (Å²) in [5.41, 5.74) is 7.90. The Hall–Kier alpha value is -5.32. The zero-order valence-corrected chi connectivity index (χ0v) is 29.3. The molecule has 0 bridgehead atoms. The van der Waals surface area contributed by atoms with Crippen LogP contribution in [0.25, 0.3) is 33.3 Å². The molecule has 1 aliphatic rings. The number of nitrogens with zero attached hydrogens (tertiary/aromatic N) is 5. The molecule has 8 nitrogen and oxygen atoms in total. The van der Waals surface area contributed by atoms with E-state index in [9.17, 15) is 17.6 Å². The number of carbonyl (C=O) groups is 1. The predicted octanol–water partition coefficient (Wildman–Crippen LogP) is 7.39. The van der Waals surface area contributed by atoms with Crippen LogP contribution < -0.4 is 9.80 Å². The molecule has 0 atom stereocenters. The van der Waals surface area contributed by atoms with Crippen molar-refractivity contribution in [3.63, 3.8) is 0 Å². The van der Waals surface area contributed by atoms with Crippen LogP contribution >= 0.6 is 0 Å². The molecule has 0 radical (unpaired) electrons. The van der Waals surface area contributed by atoms with Crippen molar-refractivity contribution in [3.05, 3.63) is 132 Å². The van der Waals surface area contributed by atoms with Gasteiger partial charge in [0.2, 0.25) is 0 Å². The number of piperazine rings is 1. The van der Waals surface area contributed by atoms with E-state index in [1.54, 1.807) is 68.0 Å². The molecular formula is C40H38FN5O3S. The van der Waals surface area contributed by atoms with Gasteiger partial charge in [0, 0.05) is 79.1 Å². The fourth-order valence-electron chi connectivity index (χ4n) is 6.48. The minimum absolute atomic E-state index is 0.164. The first-order chi connectivity index (χ1) is 24.0. The maximum atomic E-state index is 14.0. The average molecular weight is 688 g/mol. The van der Waals surface area contributed by atoms with Gasteiger partial charge in [-0.15, -0.1) is 0 Å².